The molecule has 0 saturated carbocycles. The SMILES string of the molecule is O=C(Nc1cccc(C(F)(F)F)c1)N[C@H]1C[C@H]2C(=O)N[C@@H](CO)C(=O)N2C1. The van der Waals surface area contributed by atoms with Gasteiger partial charge in [-0.1, -0.05) is 6.07 Å². The van der Waals surface area contributed by atoms with Gasteiger partial charge in [0.15, 0.2) is 0 Å². The van der Waals surface area contributed by atoms with Crippen LogP contribution in [0.2, 0.25) is 0 Å². The van der Waals surface area contributed by atoms with Gasteiger partial charge in [-0.25, -0.2) is 4.79 Å². The van der Waals surface area contributed by atoms with Gasteiger partial charge in [0.2, 0.25) is 11.8 Å². The lowest BCUT2D eigenvalue weighted by molar-refractivity contribution is -0.148. The van der Waals surface area contributed by atoms with Gasteiger partial charge in [-0.05, 0) is 24.6 Å². The monoisotopic (exact) mass is 386 g/mol. The average molecular weight is 386 g/mol. The molecule has 0 aliphatic carbocycles. The molecule has 0 unspecified atom stereocenters. The van der Waals surface area contributed by atoms with Crippen molar-refractivity contribution in [1.82, 2.24) is 15.5 Å². The van der Waals surface area contributed by atoms with Crippen molar-refractivity contribution in [2.45, 2.75) is 30.7 Å². The van der Waals surface area contributed by atoms with Crippen LogP contribution < -0.4 is 16.0 Å². The average Bonchev–Trinajstić information content (AvgIpc) is 3.02. The minimum Gasteiger partial charge on any atom is -0.394 e. The minimum atomic E-state index is -4.53. The summed E-state index contributed by atoms with van der Waals surface area (Å²) >= 11 is 0. The fourth-order valence-electron chi connectivity index (χ4n) is 3.21. The number of benzene rings is 1. The standard InChI is InChI=1S/C16H17F3N4O4/c17-16(18,19)8-2-1-3-9(4-8)20-15(27)21-10-5-12-13(25)22-11(7-24)14(26)23(12)6-10/h1-4,10-12,24H,5-7H2,(H,22,25)(H2,20,21,27)/t10-,11-,12-/m0/s1. The van der Waals surface area contributed by atoms with Crippen LogP contribution in [0.5, 0.6) is 0 Å². The van der Waals surface area contributed by atoms with E-state index in [1.165, 1.54) is 17.0 Å². The summed E-state index contributed by atoms with van der Waals surface area (Å²) in [5.41, 5.74) is -0.928. The third kappa shape index (κ3) is 3.97. The molecule has 2 fully saturated rings. The molecule has 0 spiro atoms. The second-order valence-electron chi connectivity index (χ2n) is 6.36. The Balaban J connectivity index is 1.61. The maximum Gasteiger partial charge on any atom is 0.416 e. The molecule has 4 amide bonds. The number of aliphatic hydroxyl groups excluding tert-OH is 1. The number of carbonyl (C=O) groups is 3. The fourth-order valence-corrected chi connectivity index (χ4v) is 3.21. The normalized spacial score (nSPS) is 25.0. The summed E-state index contributed by atoms with van der Waals surface area (Å²) < 4.78 is 38.1. The molecule has 27 heavy (non-hydrogen) atoms. The second-order valence-corrected chi connectivity index (χ2v) is 6.36. The van der Waals surface area contributed by atoms with Crippen LogP contribution in [0.4, 0.5) is 23.7 Å². The predicted molar refractivity (Wildman–Crippen MR) is 86.5 cm³/mol. The maximum atomic E-state index is 12.7. The molecule has 2 aliphatic heterocycles. The van der Waals surface area contributed by atoms with E-state index in [1.807, 2.05) is 0 Å². The van der Waals surface area contributed by atoms with Gasteiger partial charge in [-0.2, -0.15) is 13.2 Å². The zero-order valence-electron chi connectivity index (χ0n) is 13.9. The largest absolute Gasteiger partial charge is 0.416 e. The minimum absolute atomic E-state index is 0.0350. The summed E-state index contributed by atoms with van der Waals surface area (Å²) in [6.07, 6.45) is -4.36. The van der Waals surface area contributed by atoms with Gasteiger partial charge >= 0.3 is 12.2 Å². The van der Waals surface area contributed by atoms with Crippen LogP contribution in [0.1, 0.15) is 12.0 Å². The summed E-state index contributed by atoms with van der Waals surface area (Å²) in [5, 5.41) is 16.4. The number of carbonyl (C=O) groups excluding carboxylic acids is 3. The number of halogens is 3. The fraction of sp³-hybridized carbons (Fsp3) is 0.438. The number of nitrogens with one attached hydrogen (secondary N) is 3. The number of piperazine rings is 1. The molecule has 0 aromatic heterocycles. The molecular formula is C16H17F3N4O4. The number of alkyl halides is 3. The van der Waals surface area contributed by atoms with Crippen molar-refractivity contribution in [2.24, 2.45) is 0 Å². The number of fused-ring (bicyclic) bond motifs is 1. The molecule has 0 bridgehead atoms. The zero-order valence-corrected chi connectivity index (χ0v) is 13.9. The highest BCUT2D eigenvalue weighted by Crippen LogP contribution is 2.30. The number of nitrogens with zero attached hydrogens (tertiary/aromatic N) is 1. The van der Waals surface area contributed by atoms with Crippen molar-refractivity contribution in [3.8, 4) is 0 Å². The number of hydrogen-bond acceptors (Lipinski definition) is 4. The highest BCUT2D eigenvalue weighted by molar-refractivity contribution is 5.98. The lowest BCUT2D eigenvalue weighted by Gasteiger charge is -2.33. The second kappa shape index (κ2) is 7.06. The molecule has 1 aromatic carbocycles. The van der Waals surface area contributed by atoms with Crippen molar-refractivity contribution < 1.29 is 32.7 Å². The Morgan fingerprint density at radius 3 is 2.74 bits per heavy atom. The summed E-state index contributed by atoms with van der Waals surface area (Å²) in [5.74, 6) is -0.860. The molecule has 4 N–H and O–H groups in total. The van der Waals surface area contributed by atoms with Crippen molar-refractivity contribution in [3.63, 3.8) is 0 Å². The first-order valence-corrected chi connectivity index (χ1v) is 8.15. The molecule has 8 nitrogen and oxygen atoms in total. The van der Waals surface area contributed by atoms with E-state index in [-0.39, 0.29) is 18.7 Å². The van der Waals surface area contributed by atoms with Crippen LogP contribution in [0.3, 0.4) is 0 Å². The number of aliphatic hydroxyl groups is 1. The number of amides is 4. The van der Waals surface area contributed by atoms with Gasteiger partial charge in [0.25, 0.3) is 0 Å². The van der Waals surface area contributed by atoms with Gasteiger partial charge < -0.3 is 26.0 Å². The Hall–Kier alpha value is -2.82. The van der Waals surface area contributed by atoms with Crippen LogP contribution in [0.25, 0.3) is 0 Å². The molecule has 2 aliphatic rings. The van der Waals surface area contributed by atoms with Crippen molar-refractivity contribution in [2.75, 3.05) is 18.5 Å². The molecule has 2 saturated heterocycles. The summed E-state index contributed by atoms with van der Waals surface area (Å²) in [4.78, 5) is 37.5. The van der Waals surface area contributed by atoms with Gasteiger partial charge in [0.05, 0.1) is 18.2 Å². The molecular weight excluding hydrogens is 369 g/mol. The Morgan fingerprint density at radius 2 is 2.07 bits per heavy atom. The van der Waals surface area contributed by atoms with Crippen molar-refractivity contribution >= 4 is 23.5 Å². The molecule has 2 heterocycles. The van der Waals surface area contributed by atoms with Crippen molar-refractivity contribution in [3.05, 3.63) is 29.8 Å². The van der Waals surface area contributed by atoms with Crippen LogP contribution in [0, 0.1) is 0 Å². The van der Waals surface area contributed by atoms with Crippen LogP contribution >= 0.6 is 0 Å². The van der Waals surface area contributed by atoms with E-state index in [9.17, 15) is 27.6 Å². The zero-order chi connectivity index (χ0) is 19.8. The summed E-state index contributed by atoms with van der Waals surface area (Å²) in [6.45, 7) is -0.453. The van der Waals surface area contributed by atoms with E-state index in [2.05, 4.69) is 16.0 Å². The number of hydrogen-bond donors (Lipinski definition) is 4. The number of anilines is 1. The smallest absolute Gasteiger partial charge is 0.394 e. The Labute approximate surface area is 151 Å². The lowest BCUT2D eigenvalue weighted by atomic mass is 10.1. The van der Waals surface area contributed by atoms with Gasteiger partial charge in [0, 0.05) is 12.2 Å². The maximum absolute atomic E-state index is 12.7. The van der Waals surface area contributed by atoms with E-state index in [1.54, 1.807) is 0 Å². The number of rotatable bonds is 3. The molecule has 3 rings (SSSR count). The highest BCUT2D eigenvalue weighted by Gasteiger charge is 2.46. The Morgan fingerprint density at radius 1 is 1.33 bits per heavy atom. The summed E-state index contributed by atoms with van der Waals surface area (Å²) in [7, 11) is 0. The number of urea groups is 1. The predicted octanol–water partition coefficient (Wildman–Crippen LogP) is 0.287. The molecule has 0 radical (unpaired) electrons. The topological polar surface area (TPSA) is 111 Å². The molecule has 11 heteroatoms. The van der Waals surface area contributed by atoms with Crippen molar-refractivity contribution in [1.29, 1.82) is 0 Å². The first kappa shape index (κ1) is 19.0. The van der Waals surface area contributed by atoms with Gasteiger partial charge in [-0.15, -0.1) is 0 Å². The quantitative estimate of drug-likeness (QED) is 0.598. The van der Waals surface area contributed by atoms with E-state index in [0.717, 1.165) is 12.1 Å². The summed E-state index contributed by atoms with van der Waals surface area (Å²) in [6, 6.07) is 1.13. The molecule has 3 atom stereocenters. The van der Waals surface area contributed by atoms with E-state index in [4.69, 9.17) is 5.11 Å². The third-order valence-corrected chi connectivity index (χ3v) is 4.47. The van der Waals surface area contributed by atoms with Crippen LogP contribution in [-0.2, 0) is 15.8 Å². The lowest BCUT2D eigenvalue weighted by Crippen LogP contribution is -2.62. The Kier molecular flexibility index (Phi) is 4.96. The van der Waals surface area contributed by atoms with Crippen LogP contribution in [-0.4, -0.2) is 59.1 Å². The van der Waals surface area contributed by atoms with Gasteiger partial charge in [0.1, 0.15) is 12.1 Å². The van der Waals surface area contributed by atoms with E-state index >= 15 is 0 Å². The van der Waals surface area contributed by atoms with Gasteiger partial charge in [-0.3, -0.25) is 9.59 Å². The third-order valence-electron chi connectivity index (χ3n) is 4.47. The molecule has 1 aromatic rings. The van der Waals surface area contributed by atoms with E-state index < -0.39 is 54.3 Å². The van der Waals surface area contributed by atoms with Crippen LogP contribution in [0.15, 0.2) is 24.3 Å². The first-order valence-electron chi connectivity index (χ1n) is 8.15. The van der Waals surface area contributed by atoms with E-state index in [0.29, 0.717) is 0 Å². The molecule has 146 valence electrons. The highest BCUT2D eigenvalue weighted by atomic mass is 19.4. The first-order chi connectivity index (χ1) is 12.7. The Bertz CT molecular complexity index is 770.